The summed E-state index contributed by atoms with van der Waals surface area (Å²) in [6, 6.07) is 1.97. The summed E-state index contributed by atoms with van der Waals surface area (Å²) in [4.78, 5) is 0. The van der Waals surface area contributed by atoms with E-state index in [0.29, 0.717) is 6.17 Å². The maximum atomic E-state index is 3.17. The van der Waals surface area contributed by atoms with Gasteiger partial charge >= 0.3 is 0 Å². The summed E-state index contributed by atoms with van der Waals surface area (Å²) in [6.45, 7) is 0.904. The Morgan fingerprint density at radius 3 is 2.82 bits per heavy atom. The minimum absolute atomic E-state index is 0.301. The van der Waals surface area contributed by atoms with Gasteiger partial charge in [-0.05, 0) is 14.1 Å². The summed E-state index contributed by atoms with van der Waals surface area (Å²) < 4.78 is 2.01. The minimum atomic E-state index is 0.301. The molecule has 1 aromatic rings. The maximum absolute atomic E-state index is 3.17. The molecule has 1 rings (SSSR count). The van der Waals surface area contributed by atoms with E-state index in [9.17, 15) is 0 Å². The van der Waals surface area contributed by atoms with Crippen LogP contribution in [0.1, 0.15) is 6.17 Å². The molecule has 0 aliphatic carbocycles. The van der Waals surface area contributed by atoms with Gasteiger partial charge in [-0.15, -0.1) is 4.68 Å². The lowest BCUT2D eigenvalue weighted by atomic mass is 10.5. The van der Waals surface area contributed by atoms with Crippen molar-refractivity contribution in [2.75, 3.05) is 20.6 Å². The van der Waals surface area contributed by atoms with Crippen molar-refractivity contribution in [2.45, 2.75) is 6.17 Å². The summed E-state index contributed by atoms with van der Waals surface area (Å²) >= 11 is 0. The normalized spacial score (nSPS) is 13.3. The third kappa shape index (κ3) is 2.03. The zero-order chi connectivity index (χ0) is 8.10. The quantitative estimate of drug-likeness (QED) is 0.500. The van der Waals surface area contributed by atoms with Gasteiger partial charge < -0.3 is 5.32 Å². The van der Waals surface area contributed by atoms with Crippen LogP contribution in [-0.4, -0.2) is 25.7 Å². The van der Waals surface area contributed by atoms with Gasteiger partial charge in [0.15, 0.2) is 6.20 Å². The van der Waals surface area contributed by atoms with E-state index in [1.165, 1.54) is 0 Å². The number of rotatable bonds is 4. The summed E-state index contributed by atoms with van der Waals surface area (Å²) in [5, 5.41) is 9.37. The van der Waals surface area contributed by atoms with Crippen LogP contribution in [-0.2, 0) is 0 Å². The summed E-state index contributed by atoms with van der Waals surface area (Å²) in [6.07, 6.45) is 4.20. The van der Waals surface area contributed by atoms with E-state index in [4.69, 9.17) is 0 Å². The lowest BCUT2D eigenvalue weighted by Crippen LogP contribution is -2.51. The van der Waals surface area contributed by atoms with Crippen LogP contribution in [0.25, 0.3) is 0 Å². The predicted octanol–water partition coefficient (Wildman–Crippen LogP) is -0.760. The molecular weight excluding hydrogens is 140 g/mol. The number of H-pyrrole nitrogens is 1. The van der Waals surface area contributed by atoms with E-state index in [2.05, 4.69) is 15.7 Å². The molecule has 0 amide bonds. The zero-order valence-electron chi connectivity index (χ0n) is 6.96. The molecule has 1 atom stereocenters. The lowest BCUT2D eigenvalue weighted by molar-refractivity contribution is -0.776. The van der Waals surface area contributed by atoms with Crippen LogP contribution < -0.4 is 15.3 Å². The van der Waals surface area contributed by atoms with Crippen LogP contribution >= 0.6 is 0 Å². The molecule has 0 bridgehead atoms. The molecule has 62 valence electrons. The van der Waals surface area contributed by atoms with E-state index in [1.807, 2.05) is 37.2 Å². The van der Waals surface area contributed by atoms with Gasteiger partial charge in [-0.2, -0.15) is 5.10 Å². The smallest absolute Gasteiger partial charge is 0.247 e. The Hall–Kier alpha value is -0.870. The molecule has 1 heterocycles. The first-order valence-corrected chi connectivity index (χ1v) is 3.75. The topological polar surface area (TPSA) is 43.7 Å². The number of hydrogen-bond donors (Lipinski definition) is 3. The van der Waals surface area contributed by atoms with Crippen molar-refractivity contribution >= 4 is 0 Å². The highest BCUT2D eigenvalue weighted by atomic mass is 15.3. The van der Waals surface area contributed by atoms with Gasteiger partial charge in [0.1, 0.15) is 0 Å². The first-order valence-electron chi connectivity index (χ1n) is 3.75. The molecule has 0 radical (unpaired) electrons. The highest BCUT2D eigenvalue weighted by molar-refractivity contribution is 4.68. The van der Waals surface area contributed by atoms with E-state index in [0.717, 1.165) is 6.54 Å². The highest BCUT2D eigenvalue weighted by Gasteiger charge is 2.14. The van der Waals surface area contributed by atoms with Crippen molar-refractivity contribution in [1.29, 1.82) is 0 Å². The average Bonchev–Trinajstić information content (AvgIpc) is 2.52. The molecule has 4 nitrogen and oxygen atoms in total. The Morgan fingerprint density at radius 1 is 1.55 bits per heavy atom. The third-order valence-corrected chi connectivity index (χ3v) is 1.63. The molecule has 0 aliphatic heterocycles. The van der Waals surface area contributed by atoms with E-state index in [-0.39, 0.29) is 0 Å². The Kier molecular flexibility index (Phi) is 3.07. The van der Waals surface area contributed by atoms with Crippen LogP contribution in [0.2, 0.25) is 0 Å². The van der Waals surface area contributed by atoms with Crippen molar-refractivity contribution in [3.05, 3.63) is 18.5 Å². The Morgan fingerprint density at radius 2 is 2.36 bits per heavy atom. The van der Waals surface area contributed by atoms with E-state index < -0.39 is 0 Å². The second-order valence-corrected chi connectivity index (χ2v) is 2.41. The second-order valence-electron chi connectivity index (χ2n) is 2.41. The summed E-state index contributed by atoms with van der Waals surface area (Å²) in [5.74, 6) is 0. The van der Waals surface area contributed by atoms with E-state index >= 15 is 0 Å². The fourth-order valence-electron chi connectivity index (χ4n) is 1.03. The van der Waals surface area contributed by atoms with Gasteiger partial charge in [0.25, 0.3) is 0 Å². The first kappa shape index (κ1) is 8.23. The van der Waals surface area contributed by atoms with Gasteiger partial charge in [-0.25, -0.2) is 0 Å². The number of likely N-dealkylation sites (N-methyl/N-ethyl adjacent to an activating group) is 2. The standard InChI is InChI=1S/C7H14N4/c1-8-6-7(9-2)11-5-3-4-10-11/h3-5,7-9H,6H2,1-2H3/p+1. The lowest BCUT2D eigenvalue weighted by Gasteiger charge is -2.06. The van der Waals surface area contributed by atoms with Gasteiger partial charge in [0, 0.05) is 6.07 Å². The van der Waals surface area contributed by atoms with Crippen LogP contribution in [0.15, 0.2) is 18.5 Å². The molecule has 11 heavy (non-hydrogen) atoms. The van der Waals surface area contributed by atoms with Crippen molar-refractivity contribution in [3.8, 4) is 0 Å². The maximum Gasteiger partial charge on any atom is 0.247 e. The van der Waals surface area contributed by atoms with Crippen LogP contribution in [0.3, 0.4) is 0 Å². The molecular formula is C7H15N4+. The largest absolute Gasteiger partial charge is 0.312 e. The number of aromatic nitrogens is 2. The van der Waals surface area contributed by atoms with Crippen molar-refractivity contribution < 1.29 is 4.68 Å². The molecule has 0 aliphatic rings. The Labute approximate surface area is 66.6 Å². The fourth-order valence-corrected chi connectivity index (χ4v) is 1.03. The van der Waals surface area contributed by atoms with Crippen LogP contribution in [0.4, 0.5) is 0 Å². The average molecular weight is 155 g/mol. The minimum Gasteiger partial charge on any atom is -0.312 e. The summed E-state index contributed by atoms with van der Waals surface area (Å²) in [5.41, 5.74) is 0. The SMILES string of the molecule is CNCC(NC)[n+]1ccc[nH]1. The number of nitrogens with one attached hydrogen (secondary N) is 3. The Bertz CT molecular complexity index is 182. The number of aromatic amines is 1. The van der Waals surface area contributed by atoms with Crippen LogP contribution in [0, 0.1) is 0 Å². The molecule has 0 aromatic carbocycles. The summed E-state index contributed by atoms with van der Waals surface area (Å²) in [7, 11) is 3.88. The molecule has 1 aromatic heterocycles. The van der Waals surface area contributed by atoms with Crippen molar-refractivity contribution in [2.24, 2.45) is 0 Å². The first-order chi connectivity index (χ1) is 5.38. The number of hydrogen-bond acceptors (Lipinski definition) is 2. The monoisotopic (exact) mass is 155 g/mol. The fraction of sp³-hybridized carbons (Fsp3) is 0.571. The zero-order valence-corrected chi connectivity index (χ0v) is 6.96. The Balaban J connectivity index is 2.56. The van der Waals surface area contributed by atoms with Gasteiger partial charge in [-0.1, -0.05) is 0 Å². The van der Waals surface area contributed by atoms with Crippen molar-refractivity contribution in [1.82, 2.24) is 15.7 Å². The van der Waals surface area contributed by atoms with E-state index in [1.54, 1.807) is 0 Å². The molecule has 4 heteroatoms. The van der Waals surface area contributed by atoms with Crippen LogP contribution in [0.5, 0.6) is 0 Å². The van der Waals surface area contributed by atoms with Gasteiger partial charge in [0.2, 0.25) is 6.17 Å². The predicted molar refractivity (Wildman–Crippen MR) is 43.0 cm³/mol. The highest BCUT2D eigenvalue weighted by Crippen LogP contribution is 1.84. The van der Waals surface area contributed by atoms with Crippen molar-refractivity contribution in [3.63, 3.8) is 0 Å². The molecule has 3 N–H and O–H groups in total. The van der Waals surface area contributed by atoms with Gasteiger partial charge in [-0.3, -0.25) is 5.32 Å². The number of nitrogens with zero attached hydrogens (tertiary/aromatic N) is 1. The molecule has 0 saturated heterocycles. The molecule has 0 fully saturated rings. The molecule has 1 unspecified atom stereocenters. The molecule has 0 saturated carbocycles. The third-order valence-electron chi connectivity index (χ3n) is 1.63. The molecule has 0 spiro atoms. The van der Waals surface area contributed by atoms with Gasteiger partial charge in [0.05, 0.1) is 12.7 Å². The second kappa shape index (κ2) is 4.10.